The Labute approximate surface area is 139 Å². The number of hydrogen-bond acceptors (Lipinski definition) is 4. The molecule has 0 fully saturated rings. The SMILES string of the molecule is COc1ccc(Cl)cc1C(=O)NCc1nnc2n1CCCCC2. The summed E-state index contributed by atoms with van der Waals surface area (Å²) in [7, 11) is 1.53. The minimum atomic E-state index is -0.240. The number of ether oxygens (including phenoxy) is 1. The molecule has 122 valence electrons. The van der Waals surface area contributed by atoms with Crippen molar-refractivity contribution in [2.75, 3.05) is 7.11 Å². The number of rotatable bonds is 4. The lowest BCUT2D eigenvalue weighted by Gasteiger charge is -2.10. The van der Waals surface area contributed by atoms with Crippen molar-refractivity contribution in [1.82, 2.24) is 20.1 Å². The molecular formula is C16H19ClN4O2. The standard InChI is InChI=1S/C16H19ClN4O2/c1-23-13-7-6-11(17)9-12(13)16(22)18-10-15-20-19-14-5-3-2-4-8-21(14)15/h6-7,9H,2-5,8,10H2,1H3,(H,18,22). The van der Waals surface area contributed by atoms with E-state index in [1.807, 2.05) is 0 Å². The third-order valence-corrected chi connectivity index (χ3v) is 4.23. The number of methoxy groups -OCH3 is 1. The average molecular weight is 335 g/mol. The predicted molar refractivity (Wildman–Crippen MR) is 86.8 cm³/mol. The smallest absolute Gasteiger partial charge is 0.255 e. The van der Waals surface area contributed by atoms with E-state index in [0.717, 1.165) is 37.5 Å². The highest BCUT2D eigenvalue weighted by atomic mass is 35.5. The quantitative estimate of drug-likeness (QED) is 0.933. The molecule has 0 aliphatic carbocycles. The number of amides is 1. The van der Waals surface area contributed by atoms with Crippen molar-refractivity contribution in [1.29, 1.82) is 0 Å². The van der Waals surface area contributed by atoms with Crippen molar-refractivity contribution < 1.29 is 9.53 Å². The fourth-order valence-electron chi connectivity index (χ4n) is 2.79. The van der Waals surface area contributed by atoms with Gasteiger partial charge in [-0.05, 0) is 31.0 Å². The molecule has 0 saturated heterocycles. The van der Waals surface area contributed by atoms with Crippen molar-refractivity contribution >= 4 is 17.5 Å². The molecule has 1 aromatic carbocycles. The van der Waals surface area contributed by atoms with Crippen LogP contribution >= 0.6 is 11.6 Å². The summed E-state index contributed by atoms with van der Waals surface area (Å²) in [4.78, 5) is 12.4. The summed E-state index contributed by atoms with van der Waals surface area (Å²) >= 11 is 5.97. The van der Waals surface area contributed by atoms with E-state index < -0.39 is 0 Å². The highest BCUT2D eigenvalue weighted by Crippen LogP contribution is 2.22. The van der Waals surface area contributed by atoms with Crippen LogP contribution in [-0.4, -0.2) is 27.8 Å². The molecule has 1 aromatic heterocycles. The zero-order valence-corrected chi connectivity index (χ0v) is 13.8. The summed E-state index contributed by atoms with van der Waals surface area (Å²) in [5.74, 6) is 2.05. The minimum Gasteiger partial charge on any atom is -0.496 e. The van der Waals surface area contributed by atoms with Gasteiger partial charge in [0.1, 0.15) is 11.6 Å². The molecule has 23 heavy (non-hydrogen) atoms. The molecule has 6 nitrogen and oxygen atoms in total. The number of aryl methyl sites for hydroxylation is 1. The van der Waals surface area contributed by atoms with Gasteiger partial charge in [-0.2, -0.15) is 0 Å². The van der Waals surface area contributed by atoms with Crippen LogP contribution in [0.1, 0.15) is 41.3 Å². The summed E-state index contributed by atoms with van der Waals surface area (Å²) in [6.07, 6.45) is 4.41. The molecule has 0 bridgehead atoms. The molecular weight excluding hydrogens is 316 g/mol. The van der Waals surface area contributed by atoms with E-state index in [1.165, 1.54) is 13.5 Å². The van der Waals surface area contributed by atoms with Crippen LogP contribution in [0.25, 0.3) is 0 Å². The van der Waals surface area contributed by atoms with Gasteiger partial charge in [0, 0.05) is 18.0 Å². The molecule has 3 rings (SSSR count). The second-order valence-electron chi connectivity index (χ2n) is 5.52. The Morgan fingerprint density at radius 1 is 1.35 bits per heavy atom. The minimum absolute atomic E-state index is 0.240. The zero-order valence-electron chi connectivity index (χ0n) is 13.0. The fraction of sp³-hybridized carbons (Fsp3) is 0.438. The first-order valence-corrected chi connectivity index (χ1v) is 8.09. The lowest BCUT2D eigenvalue weighted by molar-refractivity contribution is 0.0946. The van der Waals surface area contributed by atoms with E-state index >= 15 is 0 Å². The molecule has 1 amide bonds. The summed E-state index contributed by atoms with van der Waals surface area (Å²) in [6, 6.07) is 4.97. The van der Waals surface area contributed by atoms with E-state index in [4.69, 9.17) is 16.3 Å². The van der Waals surface area contributed by atoms with E-state index in [0.29, 0.717) is 22.9 Å². The molecule has 0 radical (unpaired) electrons. The van der Waals surface area contributed by atoms with Crippen molar-refractivity contribution in [3.63, 3.8) is 0 Å². The third kappa shape index (κ3) is 3.47. The number of halogens is 1. The molecule has 2 aromatic rings. The van der Waals surface area contributed by atoms with Crippen LogP contribution < -0.4 is 10.1 Å². The van der Waals surface area contributed by atoms with Crippen molar-refractivity contribution in [2.45, 2.75) is 38.8 Å². The number of benzene rings is 1. The van der Waals surface area contributed by atoms with Gasteiger partial charge < -0.3 is 14.6 Å². The molecule has 2 heterocycles. The van der Waals surface area contributed by atoms with Gasteiger partial charge in [0.2, 0.25) is 0 Å². The molecule has 1 N–H and O–H groups in total. The van der Waals surface area contributed by atoms with Gasteiger partial charge in [-0.25, -0.2) is 0 Å². The molecule has 0 saturated carbocycles. The number of hydrogen-bond donors (Lipinski definition) is 1. The molecule has 1 aliphatic heterocycles. The Balaban J connectivity index is 1.73. The highest BCUT2D eigenvalue weighted by Gasteiger charge is 2.17. The Kier molecular flexibility index (Phi) is 4.81. The maximum absolute atomic E-state index is 12.4. The number of nitrogens with zero attached hydrogens (tertiary/aromatic N) is 3. The van der Waals surface area contributed by atoms with Gasteiger partial charge in [-0.3, -0.25) is 4.79 Å². The predicted octanol–water partition coefficient (Wildman–Crippen LogP) is 2.60. The third-order valence-electron chi connectivity index (χ3n) is 4.00. The largest absolute Gasteiger partial charge is 0.496 e. The number of carbonyl (C=O) groups is 1. The van der Waals surface area contributed by atoms with Crippen LogP contribution in [0.4, 0.5) is 0 Å². The summed E-state index contributed by atoms with van der Waals surface area (Å²) in [5.41, 5.74) is 0.413. The Bertz CT molecular complexity index is 714. The summed E-state index contributed by atoms with van der Waals surface area (Å²) in [6.45, 7) is 1.25. The van der Waals surface area contributed by atoms with Gasteiger partial charge in [-0.1, -0.05) is 18.0 Å². The number of aromatic nitrogens is 3. The molecule has 7 heteroatoms. The highest BCUT2D eigenvalue weighted by molar-refractivity contribution is 6.31. The second kappa shape index (κ2) is 7.00. The molecule has 0 unspecified atom stereocenters. The van der Waals surface area contributed by atoms with E-state index in [9.17, 15) is 4.79 Å². The first-order chi connectivity index (χ1) is 11.2. The van der Waals surface area contributed by atoms with E-state index in [-0.39, 0.29) is 5.91 Å². The Morgan fingerprint density at radius 2 is 2.22 bits per heavy atom. The molecule has 1 aliphatic rings. The van der Waals surface area contributed by atoms with Crippen LogP contribution in [0.15, 0.2) is 18.2 Å². The summed E-state index contributed by atoms with van der Waals surface area (Å²) < 4.78 is 7.33. The first-order valence-electron chi connectivity index (χ1n) is 7.71. The fourth-order valence-corrected chi connectivity index (χ4v) is 2.96. The monoisotopic (exact) mass is 334 g/mol. The first kappa shape index (κ1) is 15.8. The van der Waals surface area contributed by atoms with Gasteiger partial charge in [-0.15, -0.1) is 10.2 Å². The van der Waals surface area contributed by atoms with E-state index in [1.54, 1.807) is 18.2 Å². The van der Waals surface area contributed by atoms with Crippen LogP contribution in [0.5, 0.6) is 5.75 Å². The maximum Gasteiger partial charge on any atom is 0.255 e. The van der Waals surface area contributed by atoms with Gasteiger partial charge in [0.25, 0.3) is 5.91 Å². The zero-order chi connectivity index (χ0) is 16.2. The van der Waals surface area contributed by atoms with Crippen LogP contribution in [0, 0.1) is 0 Å². The topological polar surface area (TPSA) is 69.0 Å². The summed E-state index contributed by atoms with van der Waals surface area (Å²) in [5, 5.41) is 11.8. The maximum atomic E-state index is 12.4. The average Bonchev–Trinajstić information content (AvgIpc) is 2.79. The van der Waals surface area contributed by atoms with Crippen molar-refractivity contribution in [3.8, 4) is 5.75 Å². The number of nitrogens with one attached hydrogen (secondary N) is 1. The van der Waals surface area contributed by atoms with Crippen molar-refractivity contribution in [2.24, 2.45) is 0 Å². The number of carbonyl (C=O) groups excluding carboxylic acids is 1. The van der Waals surface area contributed by atoms with Gasteiger partial charge in [0.15, 0.2) is 5.82 Å². The van der Waals surface area contributed by atoms with Gasteiger partial charge >= 0.3 is 0 Å². The van der Waals surface area contributed by atoms with Crippen LogP contribution in [0.3, 0.4) is 0 Å². The lowest BCUT2D eigenvalue weighted by Crippen LogP contribution is -2.25. The van der Waals surface area contributed by atoms with Crippen molar-refractivity contribution in [3.05, 3.63) is 40.4 Å². The number of fused-ring (bicyclic) bond motifs is 1. The van der Waals surface area contributed by atoms with E-state index in [2.05, 4.69) is 20.1 Å². The van der Waals surface area contributed by atoms with Gasteiger partial charge in [0.05, 0.1) is 19.2 Å². The molecule has 0 spiro atoms. The normalized spacial score (nSPS) is 14.0. The Hall–Kier alpha value is -2.08. The lowest BCUT2D eigenvalue weighted by atomic mass is 10.2. The Morgan fingerprint density at radius 3 is 3.04 bits per heavy atom. The molecule has 0 atom stereocenters. The second-order valence-corrected chi connectivity index (χ2v) is 5.96. The van der Waals surface area contributed by atoms with Crippen LogP contribution in [-0.2, 0) is 19.5 Å². The van der Waals surface area contributed by atoms with Crippen LogP contribution in [0.2, 0.25) is 5.02 Å².